The van der Waals surface area contributed by atoms with Gasteiger partial charge >= 0.3 is 0 Å². The minimum atomic E-state index is -0.215. The fraction of sp³-hybridized carbons (Fsp3) is 0.118. The van der Waals surface area contributed by atoms with Crippen LogP contribution in [0, 0.1) is 0 Å². The molecule has 1 aliphatic heterocycles. The molecule has 0 fully saturated rings. The summed E-state index contributed by atoms with van der Waals surface area (Å²) in [6.45, 7) is 0.695. The number of fused-ring (bicyclic) bond motifs is 3. The number of nitrogens with zero attached hydrogens (tertiary/aromatic N) is 2. The van der Waals surface area contributed by atoms with E-state index >= 15 is 0 Å². The number of hydrogen-bond donors (Lipinski definition) is 2. The minimum absolute atomic E-state index is 0.215. The third-order valence-electron chi connectivity index (χ3n) is 3.76. The molecule has 23 heavy (non-hydrogen) atoms. The highest BCUT2D eigenvalue weighted by Gasteiger charge is 2.25. The molecule has 1 aromatic carbocycles. The summed E-state index contributed by atoms with van der Waals surface area (Å²) in [7, 11) is 0. The summed E-state index contributed by atoms with van der Waals surface area (Å²) in [6.07, 6.45) is 1.70. The lowest BCUT2D eigenvalue weighted by atomic mass is 10.0. The number of carbonyl (C=O) groups excluding carboxylic acids is 1. The first-order valence-corrected chi connectivity index (χ1v) is 7.30. The van der Waals surface area contributed by atoms with Crippen LogP contribution in [0.2, 0.25) is 0 Å². The molecule has 6 heteroatoms. The summed E-state index contributed by atoms with van der Waals surface area (Å²) >= 11 is 0. The van der Waals surface area contributed by atoms with Crippen molar-refractivity contribution in [3.05, 3.63) is 65.6 Å². The lowest BCUT2D eigenvalue weighted by molar-refractivity contribution is 0.0943. The molecular weight excluding hydrogens is 292 g/mol. The molecule has 3 aromatic rings. The van der Waals surface area contributed by atoms with E-state index in [9.17, 15) is 4.79 Å². The van der Waals surface area contributed by atoms with Gasteiger partial charge in [0.15, 0.2) is 0 Å². The lowest BCUT2D eigenvalue weighted by Gasteiger charge is -2.17. The molecule has 3 heterocycles. The molecule has 0 atom stereocenters. The number of aromatic amines is 1. The summed E-state index contributed by atoms with van der Waals surface area (Å²) < 4.78 is 5.71. The number of aromatic nitrogens is 3. The number of ether oxygens (including phenoxy) is 1. The van der Waals surface area contributed by atoms with Gasteiger partial charge in [0.05, 0.1) is 12.2 Å². The van der Waals surface area contributed by atoms with Crippen LogP contribution in [0.5, 0.6) is 5.75 Å². The maximum atomic E-state index is 12.4. The van der Waals surface area contributed by atoms with Crippen LogP contribution in [-0.2, 0) is 13.2 Å². The van der Waals surface area contributed by atoms with Crippen LogP contribution in [0.1, 0.15) is 21.7 Å². The number of carbonyl (C=O) groups is 1. The van der Waals surface area contributed by atoms with Crippen molar-refractivity contribution >= 4 is 5.91 Å². The zero-order valence-electron chi connectivity index (χ0n) is 12.2. The van der Waals surface area contributed by atoms with Crippen LogP contribution >= 0.6 is 0 Å². The first-order valence-electron chi connectivity index (χ1n) is 7.30. The van der Waals surface area contributed by atoms with Gasteiger partial charge in [0.2, 0.25) is 0 Å². The molecule has 0 spiro atoms. The van der Waals surface area contributed by atoms with Gasteiger partial charge in [-0.1, -0.05) is 18.2 Å². The van der Waals surface area contributed by atoms with E-state index < -0.39 is 0 Å². The van der Waals surface area contributed by atoms with E-state index in [-0.39, 0.29) is 5.91 Å². The van der Waals surface area contributed by atoms with Crippen LogP contribution in [0.15, 0.2) is 48.7 Å². The standard InChI is InChI=1S/C17H14N4O2/c22-17(19-9-11-5-3-4-8-18-11)16-13-10-23-14-7-2-1-6-12(14)15(13)20-21-16/h1-8H,9-10H2,(H,19,22)(H,20,21). The average Bonchev–Trinajstić information content (AvgIpc) is 3.05. The Morgan fingerprint density at radius 2 is 2.09 bits per heavy atom. The van der Waals surface area contributed by atoms with E-state index in [2.05, 4.69) is 20.5 Å². The summed E-state index contributed by atoms with van der Waals surface area (Å²) in [6, 6.07) is 13.3. The number of H-pyrrole nitrogens is 1. The van der Waals surface area contributed by atoms with Crippen molar-refractivity contribution in [2.45, 2.75) is 13.2 Å². The second-order valence-electron chi connectivity index (χ2n) is 5.21. The Balaban J connectivity index is 1.57. The van der Waals surface area contributed by atoms with Crippen molar-refractivity contribution in [3.8, 4) is 17.0 Å². The maximum absolute atomic E-state index is 12.4. The zero-order chi connectivity index (χ0) is 15.6. The molecule has 0 bridgehead atoms. The molecule has 0 saturated carbocycles. The molecule has 1 aliphatic rings. The Labute approximate surface area is 132 Å². The number of para-hydroxylation sites is 1. The van der Waals surface area contributed by atoms with Crippen LogP contribution in [0.25, 0.3) is 11.3 Å². The summed E-state index contributed by atoms with van der Waals surface area (Å²) in [5.41, 5.74) is 3.69. The van der Waals surface area contributed by atoms with E-state index in [1.165, 1.54) is 0 Å². The second kappa shape index (κ2) is 5.57. The van der Waals surface area contributed by atoms with Gasteiger partial charge < -0.3 is 10.1 Å². The number of rotatable bonds is 3. The summed E-state index contributed by atoms with van der Waals surface area (Å²) in [5, 5.41) is 9.97. The number of amides is 1. The fourth-order valence-electron chi connectivity index (χ4n) is 2.62. The van der Waals surface area contributed by atoms with Crippen molar-refractivity contribution in [3.63, 3.8) is 0 Å². The Hall–Kier alpha value is -3.15. The predicted molar refractivity (Wildman–Crippen MR) is 83.8 cm³/mol. The molecule has 1 amide bonds. The molecule has 0 radical (unpaired) electrons. The van der Waals surface area contributed by atoms with Crippen molar-refractivity contribution < 1.29 is 9.53 Å². The van der Waals surface area contributed by atoms with Crippen molar-refractivity contribution in [2.75, 3.05) is 0 Å². The van der Waals surface area contributed by atoms with E-state index in [4.69, 9.17) is 4.74 Å². The largest absolute Gasteiger partial charge is 0.488 e. The monoisotopic (exact) mass is 306 g/mol. The van der Waals surface area contributed by atoms with Gasteiger partial charge in [-0.25, -0.2) is 0 Å². The highest BCUT2D eigenvalue weighted by Crippen LogP contribution is 2.36. The van der Waals surface area contributed by atoms with Crippen molar-refractivity contribution in [1.29, 1.82) is 0 Å². The normalized spacial score (nSPS) is 12.0. The van der Waals surface area contributed by atoms with E-state index in [0.717, 1.165) is 28.3 Å². The highest BCUT2D eigenvalue weighted by atomic mass is 16.5. The third-order valence-corrected chi connectivity index (χ3v) is 3.76. The Morgan fingerprint density at radius 1 is 1.22 bits per heavy atom. The Morgan fingerprint density at radius 3 is 2.96 bits per heavy atom. The Bertz CT molecular complexity index is 858. The SMILES string of the molecule is O=C(NCc1ccccn1)c1[nH]nc2c1COc1ccccc1-2. The fourth-order valence-corrected chi connectivity index (χ4v) is 2.62. The summed E-state index contributed by atoms with van der Waals surface area (Å²) in [4.78, 5) is 16.6. The smallest absolute Gasteiger partial charge is 0.270 e. The number of nitrogens with one attached hydrogen (secondary N) is 2. The van der Waals surface area contributed by atoms with Crippen molar-refractivity contribution in [2.24, 2.45) is 0 Å². The topological polar surface area (TPSA) is 79.9 Å². The zero-order valence-corrected chi connectivity index (χ0v) is 12.2. The minimum Gasteiger partial charge on any atom is -0.488 e. The number of pyridine rings is 1. The van der Waals surface area contributed by atoms with Gasteiger partial charge in [0.25, 0.3) is 5.91 Å². The lowest BCUT2D eigenvalue weighted by Crippen LogP contribution is -2.25. The maximum Gasteiger partial charge on any atom is 0.270 e. The Kier molecular flexibility index (Phi) is 3.27. The van der Waals surface area contributed by atoms with Gasteiger partial charge in [-0.15, -0.1) is 0 Å². The molecule has 4 rings (SSSR count). The van der Waals surface area contributed by atoms with E-state index in [1.807, 2.05) is 42.5 Å². The van der Waals surface area contributed by atoms with E-state index in [0.29, 0.717) is 18.8 Å². The number of benzene rings is 1. The number of hydrogen-bond acceptors (Lipinski definition) is 4. The molecule has 2 aromatic heterocycles. The van der Waals surface area contributed by atoms with Crippen molar-refractivity contribution in [1.82, 2.24) is 20.5 Å². The average molecular weight is 306 g/mol. The first-order chi connectivity index (χ1) is 11.3. The van der Waals surface area contributed by atoms with Crippen LogP contribution in [0.4, 0.5) is 0 Å². The molecule has 0 aliphatic carbocycles. The molecule has 0 saturated heterocycles. The molecular formula is C17H14N4O2. The second-order valence-corrected chi connectivity index (χ2v) is 5.21. The van der Waals surface area contributed by atoms with E-state index in [1.54, 1.807) is 6.20 Å². The van der Waals surface area contributed by atoms with Gasteiger partial charge in [0, 0.05) is 17.3 Å². The van der Waals surface area contributed by atoms with Gasteiger partial charge in [-0.05, 0) is 24.3 Å². The van der Waals surface area contributed by atoms with Gasteiger partial charge in [0.1, 0.15) is 23.7 Å². The highest BCUT2D eigenvalue weighted by molar-refractivity contribution is 5.96. The molecule has 0 unspecified atom stereocenters. The van der Waals surface area contributed by atoms with Gasteiger partial charge in [-0.2, -0.15) is 5.10 Å². The van der Waals surface area contributed by atoms with Crippen LogP contribution in [0.3, 0.4) is 0 Å². The first kappa shape index (κ1) is 13.5. The van der Waals surface area contributed by atoms with Crippen LogP contribution in [-0.4, -0.2) is 21.1 Å². The van der Waals surface area contributed by atoms with Crippen LogP contribution < -0.4 is 10.1 Å². The molecule has 6 nitrogen and oxygen atoms in total. The quantitative estimate of drug-likeness (QED) is 0.778. The molecule has 2 N–H and O–H groups in total. The summed E-state index contributed by atoms with van der Waals surface area (Å²) in [5.74, 6) is 0.569. The molecule has 114 valence electrons. The van der Waals surface area contributed by atoms with Gasteiger partial charge in [-0.3, -0.25) is 14.9 Å². The predicted octanol–water partition coefficient (Wildman–Crippen LogP) is 2.29. The third kappa shape index (κ3) is 2.44.